The van der Waals surface area contributed by atoms with E-state index in [1.807, 2.05) is 12.1 Å². The van der Waals surface area contributed by atoms with E-state index in [-0.39, 0.29) is 5.91 Å². The first-order valence-electron chi connectivity index (χ1n) is 7.08. The second-order valence-corrected chi connectivity index (χ2v) is 6.38. The summed E-state index contributed by atoms with van der Waals surface area (Å²) in [5.74, 6) is -0.367. The minimum atomic E-state index is -0.367. The molecule has 0 saturated heterocycles. The number of benzene rings is 1. The van der Waals surface area contributed by atoms with E-state index in [1.165, 1.54) is 31.2 Å². The first-order chi connectivity index (χ1) is 8.96. The zero-order chi connectivity index (χ0) is 13.9. The summed E-state index contributed by atoms with van der Waals surface area (Å²) in [4.78, 5) is 11.0. The predicted octanol–water partition coefficient (Wildman–Crippen LogP) is 2.84. The third kappa shape index (κ3) is 4.06. The summed E-state index contributed by atoms with van der Waals surface area (Å²) in [6.07, 6.45) is 5.11. The van der Waals surface area contributed by atoms with E-state index < -0.39 is 0 Å². The number of carbonyl (C=O) groups excluding carboxylic acids is 1. The molecular weight excluding hydrogens is 236 g/mol. The van der Waals surface area contributed by atoms with Gasteiger partial charge in [0.25, 0.3) is 0 Å². The van der Waals surface area contributed by atoms with Crippen LogP contribution < -0.4 is 11.1 Å². The maximum atomic E-state index is 11.0. The van der Waals surface area contributed by atoms with E-state index in [9.17, 15) is 4.79 Å². The number of hydrogen-bond donors (Lipinski definition) is 2. The van der Waals surface area contributed by atoms with Crippen LogP contribution in [0.15, 0.2) is 24.3 Å². The lowest BCUT2D eigenvalue weighted by Gasteiger charge is -2.34. The van der Waals surface area contributed by atoms with Crippen LogP contribution >= 0.6 is 0 Å². The first kappa shape index (κ1) is 14.1. The molecule has 3 N–H and O–H groups in total. The van der Waals surface area contributed by atoms with E-state index in [1.54, 1.807) is 12.1 Å². The second-order valence-electron chi connectivity index (χ2n) is 6.38. The van der Waals surface area contributed by atoms with Crippen molar-refractivity contribution in [2.75, 3.05) is 0 Å². The number of nitrogens with two attached hydrogens (primary N) is 1. The van der Waals surface area contributed by atoms with Gasteiger partial charge in [-0.25, -0.2) is 0 Å². The average molecular weight is 260 g/mol. The lowest BCUT2D eigenvalue weighted by molar-refractivity contribution is 0.100. The lowest BCUT2D eigenvalue weighted by Crippen LogP contribution is -2.35. The van der Waals surface area contributed by atoms with E-state index in [0.717, 1.165) is 6.54 Å². The quantitative estimate of drug-likeness (QED) is 0.874. The number of nitrogens with one attached hydrogen (secondary N) is 1. The second kappa shape index (κ2) is 5.74. The molecule has 1 aliphatic rings. The van der Waals surface area contributed by atoms with Crippen LogP contribution in [0.25, 0.3) is 0 Å². The minimum absolute atomic E-state index is 0.367. The topological polar surface area (TPSA) is 55.1 Å². The van der Waals surface area contributed by atoms with Crippen molar-refractivity contribution in [2.24, 2.45) is 11.1 Å². The molecule has 1 amide bonds. The van der Waals surface area contributed by atoms with Gasteiger partial charge >= 0.3 is 0 Å². The number of rotatable bonds is 4. The molecule has 0 heterocycles. The highest BCUT2D eigenvalue weighted by atomic mass is 16.1. The molecule has 0 aliphatic heterocycles. The van der Waals surface area contributed by atoms with Crippen LogP contribution in [0.5, 0.6) is 0 Å². The van der Waals surface area contributed by atoms with Crippen molar-refractivity contribution in [1.82, 2.24) is 5.32 Å². The zero-order valence-corrected chi connectivity index (χ0v) is 11.9. The maximum absolute atomic E-state index is 11.0. The Morgan fingerprint density at radius 2 is 1.84 bits per heavy atom. The Hall–Kier alpha value is -1.35. The van der Waals surface area contributed by atoms with Crippen LogP contribution in [0.2, 0.25) is 0 Å². The molecular formula is C16H24N2O. The van der Waals surface area contributed by atoms with Crippen LogP contribution in [-0.4, -0.2) is 11.9 Å². The smallest absolute Gasteiger partial charge is 0.248 e. The van der Waals surface area contributed by atoms with Gasteiger partial charge in [-0.3, -0.25) is 4.79 Å². The molecule has 0 spiro atoms. The predicted molar refractivity (Wildman–Crippen MR) is 77.8 cm³/mol. The molecule has 0 radical (unpaired) electrons. The Morgan fingerprint density at radius 1 is 1.26 bits per heavy atom. The van der Waals surface area contributed by atoms with E-state index in [0.29, 0.717) is 17.0 Å². The molecule has 19 heavy (non-hydrogen) atoms. The van der Waals surface area contributed by atoms with Crippen molar-refractivity contribution in [1.29, 1.82) is 0 Å². The van der Waals surface area contributed by atoms with Crippen molar-refractivity contribution in [3.8, 4) is 0 Å². The van der Waals surface area contributed by atoms with Crippen molar-refractivity contribution >= 4 is 5.91 Å². The standard InChI is InChI=1S/C16H24N2O/c1-16(2)9-7-14(8-10-16)18-11-12-3-5-13(6-4-12)15(17)19/h3-6,14,18H,7-11H2,1-2H3,(H2,17,19). The molecule has 104 valence electrons. The first-order valence-corrected chi connectivity index (χ1v) is 7.08. The molecule has 2 rings (SSSR count). The Balaban J connectivity index is 1.81. The van der Waals surface area contributed by atoms with Gasteiger partial charge in [-0.05, 0) is 48.8 Å². The highest BCUT2D eigenvalue weighted by Crippen LogP contribution is 2.35. The fourth-order valence-corrected chi connectivity index (χ4v) is 2.65. The highest BCUT2D eigenvalue weighted by Gasteiger charge is 2.26. The minimum Gasteiger partial charge on any atom is -0.366 e. The summed E-state index contributed by atoms with van der Waals surface area (Å²) < 4.78 is 0. The summed E-state index contributed by atoms with van der Waals surface area (Å²) in [5, 5.41) is 3.61. The molecule has 1 fully saturated rings. The van der Waals surface area contributed by atoms with E-state index in [4.69, 9.17) is 5.73 Å². The zero-order valence-electron chi connectivity index (χ0n) is 11.9. The van der Waals surface area contributed by atoms with Gasteiger partial charge in [0.05, 0.1) is 0 Å². The summed E-state index contributed by atoms with van der Waals surface area (Å²) in [6, 6.07) is 8.16. The molecule has 0 atom stereocenters. The number of primary amides is 1. The molecule has 1 aromatic carbocycles. The molecule has 1 aromatic rings. The number of hydrogen-bond acceptors (Lipinski definition) is 2. The molecule has 3 heteroatoms. The van der Waals surface area contributed by atoms with Crippen molar-refractivity contribution in [3.05, 3.63) is 35.4 Å². The monoisotopic (exact) mass is 260 g/mol. The van der Waals surface area contributed by atoms with Gasteiger partial charge in [-0.2, -0.15) is 0 Å². The summed E-state index contributed by atoms with van der Waals surface area (Å²) in [7, 11) is 0. The number of carbonyl (C=O) groups is 1. The van der Waals surface area contributed by atoms with Gasteiger partial charge in [-0.15, -0.1) is 0 Å². The van der Waals surface area contributed by atoms with Gasteiger partial charge in [-0.1, -0.05) is 26.0 Å². The van der Waals surface area contributed by atoms with Gasteiger partial charge in [0.1, 0.15) is 0 Å². The third-order valence-electron chi connectivity index (χ3n) is 4.17. The van der Waals surface area contributed by atoms with Gasteiger partial charge < -0.3 is 11.1 Å². The van der Waals surface area contributed by atoms with Crippen molar-refractivity contribution in [3.63, 3.8) is 0 Å². The van der Waals surface area contributed by atoms with Crippen LogP contribution in [0, 0.1) is 5.41 Å². The highest BCUT2D eigenvalue weighted by molar-refractivity contribution is 5.92. The van der Waals surface area contributed by atoms with Crippen molar-refractivity contribution in [2.45, 2.75) is 52.1 Å². The SMILES string of the molecule is CC1(C)CCC(NCc2ccc(C(N)=O)cc2)CC1. The van der Waals surface area contributed by atoms with Gasteiger partial charge in [0.15, 0.2) is 0 Å². The Bertz CT molecular complexity index is 427. The van der Waals surface area contributed by atoms with Crippen LogP contribution in [0.1, 0.15) is 55.5 Å². The van der Waals surface area contributed by atoms with Gasteiger partial charge in [0.2, 0.25) is 5.91 Å². The van der Waals surface area contributed by atoms with E-state index in [2.05, 4.69) is 19.2 Å². The molecule has 0 unspecified atom stereocenters. The Kier molecular flexibility index (Phi) is 4.25. The van der Waals surface area contributed by atoms with Crippen LogP contribution in [0.3, 0.4) is 0 Å². The summed E-state index contributed by atoms with van der Waals surface area (Å²) >= 11 is 0. The molecule has 1 saturated carbocycles. The molecule has 0 bridgehead atoms. The molecule has 1 aliphatic carbocycles. The largest absolute Gasteiger partial charge is 0.366 e. The number of amides is 1. The Labute approximate surface area is 115 Å². The fourth-order valence-electron chi connectivity index (χ4n) is 2.65. The summed E-state index contributed by atoms with van der Waals surface area (Å²) in [5.41, 5.74) is 7.52. The fraction of sp³-hybridized carbons (Fsp3) is 0.562. The molecule has 0 aromatic heterocycles. The maximum Gasteiger partial charge on any atom is 0.248 e. The van der Waals surface area contributed by atoms with Crippen molar-refractivity contribution < 1.29 is 4.79 Å². The molecule has 3 nitrogen and oxygen atoms in total. The van der Waals surface area contributed by atoms with Crippen LogP contribution in [0.4, 0.5) is 0 Å². The van der Waals surface area contributed by atoms with Gasteiger partial charge in [0, 0.05) is 18.2 Å². The normalized spacial score (nSPS) is 19.3. The average Bonchev–Trinajstić information content (AvgIpc) is 2.38. The van der Waals surface area contributed by atoms with E-state index >= 15 is 0 Å². The third-order valence-corrected chi connectivity index (χ3v) is 4.17. The van der Waals surface area contributed by atoms with Crippen LogP contribution in [-0.2, 0) is 6.54 Å². The lowest BCUT2D eigenvalue weighted by atomic mass is 9.75. The Morgan fingerprint density at radius 3 is 2.37 bits per heavy atom. The summed E-state index contributed by atoms with van der Waals surface area (Å²) in [6.45, 7) is 5.57.